The first-order valence-corrected chi connectivity index (χ1v) is 8.96. The maximum Gasteiger partial charge on any atom is 0.139 e. The summed E-state index contributed by atoms with van der Waals surface area (Å²) in [5.74, 6) is 0.579. The lowest BCUT2D eigenvalue weighted by Crippen LogP contribution is -2.16. The Morgan fingerprint density at radius 1 is 1.04 bits per heavy atom. The van der Waals surface area contributed by atoms with Crippen LogP contribution in [0.2, 0.25) is 13.6 Å². The lowest BCUT2D eigenvalue weighted by atomic mass is 9.59. The second-order valence-electron chi connectivity index (χ2n) is 6.69. The van der Waals surface area contributed by atoms with E-state index in [0.29, 0.717) is 5.82 Å². The van der Waals surface area contributed by atoms with Crippen LogP contribution in [-0.4, -0.2) is 29.6 Å². The van der Waals surface area contributed by atoms with Crippen molar-refractivity contribution in [2.45, 2.75) is 38.7 Å². The summed E-state index contributed by atoms with van der Waals surface area (Å²) in [6.45, 7) is 6.38. The van der Waals surface area contributed by atoms with E-state index >= 15 is 0 Å². The average molecular weight is 325 g/mol. The van der Waals surface area contributed by atoms with Crippen molar-refractivity contribution in [3.05, 3.63) is 59.7 Å². The molecule has 0 saturated carbocycles. The Labute approximate surface area is 150 Å². The third-order valence-corrected chi connectivity index (χ3v) is 5.29. The molecule has 3 nitrogen and oxygen atoms in total. The van der Waals surface area contributed by atoms with Gasteiger partial charge in [-0.05, 0) is 23.4 Å². The number of fused-ring (bicyclic) bond motifs is 5. The van der Waals surface area contributed by atoms with E-state index in [4.69, 9.17) is 0 Å². The van der Waals surface area contributed by atoms with Crippen molar-refractivity contribution >= 4 is 14.6 Å². The molecule has 0 spiro atoms. The van der Waals surface area contributed by atoms with E-state index in [0.717, 1.165) is 17.8 Å². The maximum atomic E-state index is 4.62. The highest BCUT2D eigenvalue weighted by Gasteiger charge is 2.28. The van der Waals surface area contributed by atoms with Crippen LogP contribution in [-0.2, 0) is 6.42 Å². The maximum absolute atomic E-state index is 4.62. The number of rotatable bonds is 3. The van der Waals surface area contributed by atoms with Crippen molar-refractivity contribution in [1.82, 2.24) is 15.0 Å². The van der Waals surface area contributed by atoms with E-state index in [9.17, 15) is 0 Å². The molecule has 0 bridgehead atoms. The van der Waals surface area contributed by atoms with Gasteiger partial charge in [0.25, 0.3) is 0 Å². The third-order valence-electron chi connectivity index (χ3n) is 5.29. The second-order valence-corrected chi connectivity index (χ2v) is 6.69. The Morgan fingerprint density at radius 3 is 2.52 bits per heavy atom. The predicted octanol–water partition coefficient (Wildman–Crippen LogP) is 4.23. The zero-order valence-electron chi connectivity index (χ0n) is 15.0. The van der Waals surface area contributed by atoms with Gasteiger partial charge in [0, 0.05) is 17.1 Å². The molecule has 1 aromatic heterocycles. The minimum absolute atomic E-state index is 0.199. The third kappa shape index (κ3) is 2.62. The first-order chi connectivity index (χ1) is 12.2. The van der Waals surface area contributed by atoms with E-state index in [-0.39, 0.29) is 5.94 Å². The molecule has 2 radical (unpaired) electrons. The fourth-order valence-corrected chi connectivity index (χ4v) is 3.76. The lowest BCUT2D eigenvalue weighted by molar-refractivity contribution is 0.603. The first-order valence-electron chi connectivity index (χ1n) is 8.96. The Kier molecular flexibility index (Phi) is 4.24. The number of aromatic nitrogens is 3. The van der Waals surface area contributed by atoms with Crippen LogP contribution in [0, 0.1) is 0 Å². The highest BCUT2D eigenvalue weighted by atomic mass is 15.4. The summed E-state index contributed by atoms with van der Waals surface area (Å²) in [5, 5.41) is 9.14. The summed E-state index contributed by atoms with van der Waals surface area (Å²) in [6.07, 6.45) is 0.999. The monoisotopic (exact) mass is 325 g/mol. The fourth-order valence-electron chi connectivity index (χ4n) is 3.76. The number of hydrogen-bond donors (Lipinski definition) is 0. The molecule has 1 heterocycles. The zero-order chi connectivity index (χ0) is 17.4. The molecule has 2 atom stereocenters. The molecule has 0 amide bonds. The standard InChI is InChI=1S/C20H21B2N3/c1-13(21-2)25-20-15-9-5-4-8-14(15)12-18(22-3)16-10-6-7-11-17(16)19(20)23-24-25/h4-11,13,18H,12H2,1-3H3/t13-,18?/m0/s1. The molecular formula is C20H21B2N3. The normalized spacial score (nSPS) is 16.7. The molecule has 122 valence electrons. The summed E-state index contributed by atoms with van der Waals surface area (Å²) < 4.78 is 2.06. The van der Waals surface area contributed by atoms with Gasteiger partial charge >= 0.3 is 0 Å². The molecule has 0 aliphatic heterocycles. The van der Waals surface area contributed by atoms with E-state index in [1.54, 1.807) is 0 Å². The lowest BCUT2D eigenvalue weighted by Gasteiger charge is -2.24. The van der Waals surface area contributed by atoms with Crippen LogP contribution in [0.4, 0.5) is 0 Å². The van der Waals surface area contributed by atoms with Crippen molar-refractivity contribution in [3.8, 4) is 22.5 Å². The molecule has 0 saturated heterocycles. The van der Waals surface area contributed by atoms with Crippen molar-refractivity contribution < 1.29 is 0 Å². The number of hydrogen-bond acceptors (Lipinski definition) is 2. The van der Waals surface area contributed by atoms with Crippen LogP contribution in [0.15, 0.2) is 48.5 Å². The highest BCUT2D eigenvalue weighted by Crippen LogP contribution is 2.41. The van der Waals surface area contributed by atoms with Gasteiger partial charge in [-0.15, -0.1) is 5.10 Å². The minimum Gasteiger partial charge on any atom is -0.250 e. The van der Waals surface area contributed by atoms with Gasteiger partial charge in [0.1, 0.15) is 20.3 Å². The predicted molar refractivity (Wildman–Crippen MR) is 105 cm³/mol. The molecule has 2 aromatic carbocycles. The largest absolute Gasteiger partial charge is 0.250 e. The summed E-state index contributed by atoms with van der Waals surface area (Å²) in [7, 11) is 4.46. The van der Waals surface area contributed by atoms with E-state index < -0.39 is 0 Å². The van der Waals surface area contributed by atoms with E-state index in [1.807, 2.05) is 0 Å². The SMILES string of the molecule is C[B]C1Cc2ccccc2-c2c(nnn2[C@@H](C)[B]C)-c2ccccc21. The molecule has 1 unspecified atom stereocenters. The highest BCUT2D eigenvalue weighted by molar-refractivity contribution is 6.36. The van der Waals surface area contributed by atoms with Crippen molar-refractivity contribution in [1.29, 1.82) is 0 Å². The molecule has 1 aliphatic rings. The van der Waals surface area contributed by atoms with Crippen LogP contribution in [0.1, 0.15) is 29.8 Å². The van der Waals surface area contributed by atoms with Gasteiger partial charge in [0.05, 0.1) is 5.69 Å². The molecule has 5 heteroatoms. The van der Waals surface area contributed by atoms with E-state index in [2.05, 4.69) is 98.7 Å². The topological polar surface area (TPSA) is 30.7 Å². The Morgan fingerprint density at radius 2 is 1.76 bits per heavy atom. The van der Waals surface area contributed by atoms with Crippen molar-refractivity contribution in [2.24, 2.45) is 0 Å². The minimum atomic E-state index is 0.199. The summed E-state index contributed by atoms with van der Waals surface area (Å²) in [6, 6.07) is 17.3. The van der Waals surface area contributed by atoms with Gasteiger partial charge in [-0.2, -0.15) is 0 Å². The quantitative estimate of drug-likeness (QED) is 0.675. The van der Waals surface area contributed by atoms with E-state index in [1.165, 1.54) is 22.3 Å². The average Bonchev–Trinajstić information content (AvgIpc) is 3.09. The molecule has 3 aromatic rings. The van der Waals surface area contributed by atoms with Gasteiger partial charge in [-0.1, -0.05) is 74.3 Å². The van der Waals surface area contributed by atoms with Crippen LogP contribution in [0.5, 0.6) is 0 Å². The van der Waals surface area contributed by atoms with Crippen molar-refractivity contribution in [2.75, 3.05) is 0 Å². The molecule has 0 fully saturated rings. The van der Waals surface area contributed by atoms with Crippen molar-refractivity contribution in [3.63, 3.8) is 0 Å². The molecule has 4 rings (SSSR count). The second kappa shape index (κ2) is 6.55. The Balaban J connectivity index is 2.06. The number of nitrogens with zero attached hydrogens (tertiary/aromatic N) is 3. The van der Waals surface area contributed by atoms with Crippen LogP contribution >= 0.6 is 0 Å². The Hall–Kier alpha value is -2.29. The van der Waals surface area contributed by atoms with Gasteiger partial charge in [-0.3, -0.25) is 0 Å². The molecule has 1 aliphatic carbocycles. The first kappa shape index (κ1) is 16.2. The van der Waals surface area contributed by atoms with Crippen LogP contribution < -0.4 is 0 Å². The van der Waals surface area contributed by atoms with Crippen LogP contribution in [0.25, 0.3) is 22.5 Å². The zero-order valence-corrected chi connectivity index (χ0v) is 15.0. The molecule has 0 N–H and O–H groups in total. The summed E-state index contributed by atoms with van der Waals surface area (Å²) in [5.41, 5.74) is 7.25. The van der Waals surface area contributed by atoms with Gasteiger partial charge in [0.15, 0.2) is 0 Å². The van der Waals surface area contributed by atoms with Gasteiger partial charge in [0.2, 0.25) is 0 Å². The Bertz CT molecular complexity index is 903. The van der Waals surface area contributed by atoms with Gasteiger partial charge in [-0.25, -0.2) is 4.68 Å². The molecule has 25 heavy (non-hydrogen) atoms. The smallest absolute Gasteiger partial charge is 0.139 e. The number of benzene rings is 2. The van der Waals surface area contributed by atoms with Crippen LogP contribution in [0.3, 0.4) is 0 Å². The van der Waals surface area contributed by atoms with Gasteiger partial charge < -0.3 is 0 Å². The fraction of sp³-hybridized carbons (Fsp3) is 0.300. The molecular weight excluding hydrogens is 304 g/mol. The summed E-state index contributed by atoms with van der Waals surface area (Å²) >= 11 is 0. The summed E-state index contributed by atoms with van der Waals surface area (Å²) in [4.78, 5) is 0.